The Labute approximate surface area is 128 Å². The normalized spacial score (nSPS) is 10.3. The van der Waals surface area contributed by atoms with Crippen molar-refractivity contribution >= 4 is 21.7 Å². The summed E-state index contributed by atoms with van der Waals surface area (Å²) in [5, 5.41) is 0. The van der Waals surface area contributed by atoms with Crippen molar-refractivity contribution in [2.75, 3.05) is 13.7 Å². The largest absolute Gasteiger partial charge is 0.496 e. The van der Waals surface area contributed by atoms with Gasteiger partial charge in [0.05, 0.1) is 17.1 Å². The van der Waals surface area contributed by atoms with Gasteiger partial charge in [0, 0.05) is 0 Å². The summed E-state index contributed by atoms with van der Waals surface area (Å²) < 4.78 is 36.8. The number of Topliss-reactive ketones (excluding diaryl/α,β-unsaturated/α-hetero) is 1. The smallest absolute Gasteiger partial charge is 0.204 e. The number of benzene rings is 2. The Morgan fingerprint density at radius 3 is 2.62 bits per heavy atom. The molecule has 2 rings (SSSR count). The molecule has 0 radical (unpaired) electrons. The number of ether oxygens (including phenoxy) is 2. The fourth-order valence-electron chi connectivity index (χ4n) is 1.69. The molecule has 0 atom stereocenters. The lowest BCUT2D eigenvalue weighted by Gasteiger charge is -2.09. The van der Waals surface area contributed by atoms with Crippen LogP contribution in [0, 0.1) is 11.6 Å². The zero-order valence-electron chi connectivity index (χ0n) is 11.0. The second kappa shape index (κ2) is 6.67. The molecule has 0 heterocycles. The van der Waals surface area contributed by atoms with Crippen LogP contribution in [0.5, 0.6) is 11.5 Å². The molecule has 0 N–H and O–H groups in total. The Kier molecular flexibility index (Phi) is 4.90. The Bertz CT molecular complexity index is 674. The molecule has 110 valence electrons. The summed E-state index contributed by atoms with van der Waals surface area (Å²) in [6, 6.07) is 7.68. The van der Waals surface area contributed by atoms with E-state index in [0.717, 1.165) is 6.07 Å². The van der Waals surface area contributed by atoms with Crippen LogP contribution < -0.4 is 9.47 Å². The quantitative estimate of drug-likeness (QED) is 0.759. The molecule has 6 heteroatoms. The molecule has 0 aliphatic carbocycles. The van der Waals surface area contributed by atoms with Crippen LogP contribution >= 0.6 is 15.9 Å². The summed E-state index contributed by atoms with van der Waals surface area (Å²) in [6.07, 6.45) is 0. The summed E-state index contributed by atoms with van der Waals surface area (Å²) in [5.41, 5.74) is 0.0960. The minimum atomic E-state index is -0.538. The zero-order chi connectivity index (χ0) is 15.4. The minimum absolute atomic E-state index is 0.0960. The highest BCUT2D eigenvalue weighted by Crippen LogP contribution is 2.23. The van der Waals surface area contributed by atoms with E-state index in [2.05, 4.69) is 15.9 Å². The van der Waals surface area contributed by atoms with E-state index in [4.69, 9.17) is 9.47 Å². The van der Waals surface area contributed by atoms with Gasteiger partial charge in [0.15, 0.2) is 6.61 Å². The minimum Gasteiger partial charge on any atom is -0.496 e. The molecule has 0 amide bonds. The van der Waals surface area contributed by atoms with Gasteiger partial charge in [0.25, 0.3) is 0 Å². The van der Waals surface area contributed by atoms with Crippen LogP contribution in [0.1, 0.15) is 10.4 Å². The fraction of sp³-hybridized carbons (Fsp3) is 0.133. The predicted octanol–water partition coefficient (Wildman–Crippen LogP) is 4.00. The predicted molar refractivity (Wildman–Crippen MR) is 76.9 cm³/mol. The van der Waals surface area contributed by atoms with E-state index >= 15 is 0 Å². The van der Waals surface area contributed by atoms with E-state index in [9.17, 15) is 13.6 Å². The van der Waals surface area contributed by atoms with Crippen LogP contribution in [0.4, 0.5) is 8.78 Å². The molecule has 0 spiro atoms. The van der Waals surface area contributed by atoms with Crippen molar-refractivity contribution in [2.45, 2.75) is 0 Å². The van der Waals surface area contributed by atoms with E-state index in [0.29, 0.717) is 5.75 Å². The van der Waals surface area contributed by atoms with Gasteiger partial charge < -0.3 is 9.47 Å². The molecular formula is C15H11BrF2O3. The Morgan fingerprint density at radius 1 is 1.19 bits per heavy atom. The SMILES string of the molecule is COc1ccc(F)cc1C(=O)COc1ccc(F)c(Br)c1. The van der Waals surface area contributed by atoms with Crippen LogP contribution in [0.25, 0.3) is 0 Å². The van der Waals surface area contributed by atoms with Gasteiger partial charge in [-0.1, -0.05) is 0 Å². The third kappa shape index (κ3) is 3.78. The van der Waals surface area contributed by atoms with Gasteiger partial charge in [0.1, 0.15) is 23.1 Å². The molecular weight excluding hydrogens is 346 g/mol. The van der Waals surface area contributed by atoms with E-state index in [1.807, 2.05) is 0 Å². The first-order chi connectivity index (χ1) is 10.0. The number of ketones is 1. The Morgan fingerprint density at radius 2 is 1.95 bits per heavy atom. The number of methoxy groups -OCH3 is 1. The monoisotopic (exact) mass is 356 g/mol. The molecule has 3 nitrogen and oxygen atoms in total. The molecule has 2 aromatic carbocycles. The molecule has 0 bridgehead atoms. The fourth-order valence-corrected chi connectivity index (χ4v) is 2.05. The maximum absolute atomic E-state index is 13.2. The first-order valence-electron chi connectivity index (χ1n) is 5.96. The number of hydrogen-bond acceptors (Lipinski definition) is 3. The maximum atomic E-state index is 13.2. The molecule has 0 aromatic heterocycles. The molecule has 2 aromatic rings. The summed E-state index contributed by atoms with van der Waals surface area (Å²) >= 11 is 3.02. The summed E-state index contributed by atoms with van der Waals surface area (Å²) in [5.74, 6) is -0.812. The van der Waals surface area contributed by atoms with E-state index in [1.165, 1.54) is 37.4 Å². The summed E-state index contributed by atoms with van der Waals surface area (Å²) in [6.45, 7) is -0.308. The molecule has 0 unspecified atom stereocenters. The van der Waals surface area contributed by atoms with Crippen molar-refractivity contribution in [3.05, 3.63) is 58.1 Å². The van der Waals surface area contributed by atoms with Gasteiger partial charge in [-0.2, -0.15) is 0 Å². The van der Waals surface area contributed by atoms with Crippen LogP contribution in [0.2, 0.25) is 0 Å². The van der Waals surface area contributed by atoms with Crippen LogP contribution in [0.3, 0.4) is 0 Å². The van der Waals surface area contributed by atoms with Crippen LogP contribution in [-0.2, 0) is 0 Å². The second-order valence-corrected chi connectivity index (χ2v) is 4.99. The summed E-state index contributed by atoms with van der Waals surface area (Å²) in [4.78, 5) is 12.0. The van der Waals surface area contributed by atoms with Gasteiger partial charge in [-0.25, -0.2) is 8.78 Å². The molecule has 0 saturated carbocycles. The first kappa shape index (κ1) is 15.4. The lowest BCUT2D eigenvalue weighted by atomic mass is 10.1. The number of halogens is 3. The lowest BCUT2D eigenvalue weighted by Crippen LogP contribution is -2.13. The second-order valence-electron chi connectivity index (χ2n) is 4.13. The lowest BCUT2D eigenvalue weighted by molar-refractivity contribution is 0.0918. The number of hydrogen-bond donors (Lipinski definition) is 0. The van der Waals surface area contributed by atoms with Gasteiger partial charge >= 0.3 is 0 Å². The third-order valence-corrected chi connectivity index (χ3v) is 3.33. The Balaban J connectivity index is 2.11. The van der Waals surface area contributed by atoms with E-state index in [-0.39, 0.29) is 22.4 Å². The molecule has 0 aliphatic rings. The highest BCUT2D eigenvalue weighted by molar-refractivity contribution is 9.10. The van der Waals surface area contributed by atoms with Gasteiger partial charge in [-0.05, 0) is 52.3 Å². The molecule has 0 fully saturated rings. The standard InChI is InChI=1S/C15H11BrF2O3/c1-20-15-5-2-9(17)6-11(15)14(19)8-21-10-3-4-13(18)12(16)7-10/h2-7H,8H2,1H3. The van der Waals surface area contributed by atoms with Crippen molar-refractivity contribution in [3.8, 4) is 11.5 Å². The topological polar surface area (TPSA) is 35.5 Å². The number of carbonyl (C=O) groups excluding carboxylic acids is 1. The van der Waals surface area contributed by atoms with Crippen molar-refractivity contribution in [1.82, 2.24) is 0 Å². The third-order valence-electron chi connectivity index (χ3n) is 2.72. The zero-order valence-corrected chi connectivity index (χ0v) is 12.6. The first-order valence-corrected chi connectivity index (χ1v) is 6.75. The van der Waals surface area contributed by atoms with Crippen molar-refractivity contribution < 1.29 is 23.0 Å². The van der Waals surface area contributed by atoms with Gasteiger partial charge in [0.2, 0.25) is 5.78 Å². The summed E-state index contributed by atoms with van der Waals surface area (Å²) in [7, 11) is 1.39. The van der Waals surface area contributed by atoms with Gasteiger partial charge in [-0.3, -0.25) is 4.79 Å². The Hall–Kier alpha value is -1.95. The average Bonchev–Trinajstić information content (AvgIpc) is 2.48. The van der Waals surface area contributed by atoms with Crippen molar-refractivity contribution in [1.29, 1.82) is 0 Å². The van der Waals surface area contributed by atoms with Crippen molar-refractivity contribution in [3.63, 3.8) is 0 Å². The number of rotatable bonds is 5. The number of carbonyl (C=O) groups is 1. The molecule has 0 aliphatic heterocycles. The van der Waals surface area contributed by atoms with Crippen LogP contribution in [0.15, 0.2) is 40.9 Å². The average molecular weight is 357 g/mol. The molecule has 0 saturated heterocycles. The van der Waals surface area contributed by atoms with Crippen molar-refractivity contribution in [2.24, 2.45) is 0 Å². The van der Waals surface area contributed by atoms with E-state index in [1.54, 1.807) is 0 Å². The molecule has 21 heavy (non-hydrogen) atoms. The van der Waals surface area contributed by atoms with E-state index < -0.39 is 17.4 Å². The highest BCUT2D eigenvalue weighted by Gasteiger charge is 2.14. The van der Waals surface area contributed by atoms with Gasteiger partial charge in [-0.15, -0.1) is 0 Å². The highest BCUT2D eigenvalue weighted by atomic mass is 79.9. The maximum Gasteiger partial charge on any atom is 0.204 e. The van der Waals surface area contributed by atoms with Crippen LogP contribution in [-0.4, -0.2) is 19.5 Å².